The van der Waals surface area contributed by atoms with Crippen LogP contribution >= 0.6 is 15.9 Å². The lowest BCUT2D eigenvalue weighted by Crippen LogP contribution is -2.32. The van der Waals surface area contributed by atoms with Gasteiger partial charge in [-0.05, 0) is 26.7 Å². The van der Waals surface area contributed by atoms with Gasteiger partial charge in [0.25, 0.3) is 5.91 Å². The monoisotopic (exact) mass is 288 g/mol. The van der Waals surface area contributed by atoms with Crippen molar-refractivity contribution in [1.82, 2.24) is 10.3 Å². The minimum absolute atomic E-state index is 0.148. The van der Waals surface area contributed by atoms with Crippen molar-refractivity contribution in [3.05, 3.63) is 17.3 Å². The second-order valence-electron chi connectivity index (χ2n) is 3.85. The Labute approximate surface area is 104 Å². The predicted octanol–water partition coefficient (Wildman–Crippen LogP) is 2.58. The molecule has 0 aliphatic carbocycles. The van der Waals surface area contributed by atoms with Crippen LogP contribution in [0.2, 0.25) is 0 Å². The lowest BCUT2D eigenvalue weighted by atomic mass is 10.2. The number of rotatable bonds is 5. The number of halogens is 1. The van der Waals surface area contributed by atoms with Crippen molar-refractivity contribution in [3.8, 4) is 0 Å². The highest BCUT2D eigenvalue weighted by molar-refractivity contribution is 9.09. The average molecular weight is 289 g/mol. The highest BCUT2D eigenvalue weighted by atomic mass is 79.9. The highest BCUT2D eigenvalue weighted by Gasteiger charge is 2.17. The number of nitrogens with one attached hydrogen (secondary N) is 1. The van der Waals surface area contributed by atoms with Crippen LogP contribution in [0.15, 0.2) is 4.42 Å². The van der Waals surface area contributed by atoms with Crippen LogP contribution in [0.4, 0.5) is 0 Å². The summed E-state index contributed by atoms with van der Waals surface area (Å²) in [4.78, 5) is 15.9. The Morgan fingerprint density at radius 1 is 1.56 bits per heavy atom. The van der Waals surface area contributed by atoms with Gasteiger partial charge in [0.2, 0.25) is 5.76 Å². The second kappa shape index (κ2) is 6.03. The van der Waals surface area contributed by atoms with Gasteiger partial charge in [0.05, 0.1) is 5.69 Å². The van der Waals surface area contributed by atoms with Crippen molar-refractivity contribution in [3.63, 3.8) is 0 Å². The fourth-order valence-corrected chi connectivity index (χ4v) is 1.81. The number of oxazole rings is 1. The van der Waals surface area contributed by atoms with Crippen LogP contribution in [0.3, 0.4) is 0 Å². The molecule has 0 aromatic carbocycles. The maximum atomic E-state index is 11.8. The zero-order valence-corrected chi connectivity index (χ0v) is 11.4. The molecule has 16 heavy (non-hydrogen) atoms. The fourth-order valence-electron chi connectivity index (χ4n) is 1.49. The van der Waals surface area contributed by atoms with E-state index in [1.165, 1.54) is 0 Å². The van der Waals surface area contributed by atoms with Gasteiger partial charge < -0.3 is 9.73 Å². The number of nitrogens with zero attached hydrogens (tertiary/aromatic N) is 1. The van der Waals surface area contributed by atoms with Crippen molar-refractivity contribution in [1.29, 1.82) is 0 Å². The Morgan fingerprint density at radius 3 is 2.75 bits per heavy atom. The largest absolute Gasteiger partial charge is 0.436 e. The number of hydrogen-bond donors (Lipinski definition) is 1. The molecule has 0 aliphatic heterocycles. The molecule has 0 radical (unpaired) electrons. The topological polar surface area (TPSA) is 55.1 Å². The molecule has 1 rings (SSSR count). The quantitative estimate of drug-likeness (QED) is 0.848. The van der Waals surface area contributed by atoms with E-state index in [0.29, 0.717) is 17.3 Å². The first-order valence-corrected chi connectivity index (χ1v) is 6.47. The van der Waals surface area contributed by atoms with E-state index in [2.05, 4.69) is 26.2 Å². The summed E-state index contributed by atoms with van der Waals surface area (Å²) in [6.07, 6.45) is 1.99. The van der Waals surface area contributed by atoms with Crippen molar-refractivity contribution in [2.45, 2.75) is 39.7 Å². The molecule has 1 heterocycles. The molecule has 0 saturated heterocycles. The van der Waals surface area contributed by atoms with Gasteiger partial charge in [-0.2, -0.15) is 0 Å². The highest BCUT2D eigenvalue weighted by Crippen LogP contribution is 2.10. The summed E-state index contributed by atoms with van der Waals surface area (Å²) in [5, 5.41) is 3.84. The van der Waals surface area contributed by atoms with Gasteiger partial charge in [-0.3, -0.25) is 4.79 Å². The summed E-state index contributed by atoms with van der Waals surface area (Å²) in [5.41, 5.74) is 0.641. The fraction of sp³-hybridized carbons (Fsp3) is 0.636. The molecule has 1 aromatic rings. The van der Waals surface area contributed by atoms with E-state index in [9.17, 15) is 4.79 Å². The summed E-state index contributed by atoms with van der Waals surface area (Å²) in [5.74, 6) is 0.666. The van der Waals surface area contributed by atoms with Gasteiger partial charge in [0, 0.05) is 18.3 Å². The number of hydrogen-bond acceptors (Lipinski definition) is 3. The van der Waals surface area contributed by atoms with Crippen LogP contribution in [0, 0.1) is 13.8 Å². The van der Waals surface area contributed by atoms with Gasteiger partial charge in [-0.1, -0.05) is 15.9 Å². The maximum Gasteiger partial charge on any atom is 0.289 e. The number of alkyl halides is 1. The van der Waals surface area contributed by atoms with Crippen molar-refractivity contribution >= 4 is 21.8 Å². The zero-order chi connectivity index (χ0) is 12.1. The third-order valence-electron chi connectivity index (χ3n) is 2.26. The Balaban J connectivity index is 2.55. The SMILES string of the molecule is Cc1nc(C)c(C(=O)NC(C)CCCBr)o1. The van der Waals surface area contributed by atoms with Gasteiger partial charge in [0.1, 0.15) is 0 Å². The van der Waals surface area contributed by atoms with E-state index in [-0.39, 0.29) is 11.9 Å². The van der Waals surface area contributed by atoms with Crippen molar-refractivity contribution in [2.24, 2.45) is 0 Å². The van der Waals surface area contributed by atoms with Crippen molar-refractivity contribution < 1.29 is 9.21 Å². The molecule has 90 valence electrons. The molecule has 1 N–H and O–H groups in total. The normalized spacial score (nSPS) is 12.5. The Hall–Kier alpha value is -0.840. The third-order valence-corrected chi connectivity index (χ3v) is 2.82. The summed E-state index contributed by atoms with van der Waals surface area (Å²) >= 11 is 3.36. The van der Waals surface area contributed by atoms with E-state index in [1.54, 1.807) is 13.8 Å². The number of aryl methyl sites for hydroxylation is 2. The van der Waals surface area contributed by atoms with E-state index in [0.717, 1.165) is 18.2 Å². The van der Waals surface area contributed by atoms with Crippen LogP contribution < -0.4 is 5.32 Å². The molecule has 0 aliphatic rings. The first kappa shape index (κ1) is 13.2. The molecule has 1 aromatic heterocycles. The van der Waals surface area contributed by atoms with Crippen LogP contribution in [-0.4, -0.2) is 22.3 Å². The second-order valence-corrected chi connectivity index (χ2v) is 4.65. The third kappa shape index (κ3) is 3.63. The number of aromatic nitrogens is 1. The van der Waals surface area contributed by atoms with E-state index in [1.807, 2.05) is 6.92 Å². The van der Waals surface area contributed by atoms with Crippen molar-refractivity contribution in [2.75, 3.05) is 5.33 Å². The molecular formula is C11H17BrN2O2. The minimum atomic E-state index is -0.180. The summed E-state index contributed by atoms with van der Waals surface area (Å²) in [7, 11) is 0. The molecule has 0 fully saturated rings. The summed E-state index contributed by atoms with van der Waals surface area (Å²) in [6, 6.07) is 0.148. The molecule has 5 heteroatoms. The molecule has 1 amide bonds. The summed E-state index contributed by atoms with van der Waals surface area (Å²) < 4.78 is 5.25. The molecule has 4 nitrogen and oxygen atoms in total. The molecule has 0 saturated carbocycles. The molecule has 1 atom stereocenters. The maximum absolute atomic E-state index is 11.8. The van der Waals surface area contributed by atoms with E-state index >= 15 is 0 Å². The average Bonchev–Trinajstić information content (AvgIpc) is 2.54. The first-order valence-electron chi connectivity index (χ1n) is 5.35. The summed E-state index contributed by atoms with van der Waals surface area (Å²) in [6.45, 7) is 5.49. The van der Waals surface area contributed by atoms with Crippen LogP contribution in [0.5, 0.6) is 0 Å². The van der Waals surface area contributed by atoms with Crippen LogP contribution in [0.25, 0.3) is 0 Å². The van der Waals surface area contributed by atoms with E-state index < -0.39 is 0 Å². The molecule has 1 unspecified atom stereocenters. The lowest BCUT2D eigenvalue weighted by Gasteiger charge is -2.11. The smallest absolute Gasteiger partial charge is 0.289 e. The predicted molar refractivity (Wildman–Crippen MR) is 65.9 cm³/mol. The molecule has 0 bridgehead atoms. The molecular weight excluding hydrogens is 272 g/mol. The number of carbonyl (C=O) groups excluding carboxylic acids is 1. The van der Waals surface area contributed by atoms with Gasteiger partial charge >= 0.3 is 0 Å². The molecule has 0 spiro atoms. The van der Waals surface area contributed by atoms with E-state index in [4.69, 9.17) is 4.42 Å². The number of amides is 1. The Kier molecular flexibility index (Phi) is 4.99. The van der Waals surface area contributed by atoms with Gasteiger partial charge in [-0.15, -0.1) is 0 Å². The Morgan fingerprint density at radius 2 is 2.25 bits per heavy atom. The van der Waals surface area contributed by atoms with Crippen LogP contribution in [0.1, 0.15) is 41.9 Å². The van der Waals surface area contributed by atoms with Crippen LogP contribution in [-0.2, 0) is 0 Å². The lowest BCUT2D eigenvalue weighted by molar-refractivity contribution is 0.0908. The standard InChI is InChI=1S/C11H17BrN2O2/c1-7(5-4-6-12)13-11(15)10-8(2)14-9(3)16-10/h7H,4-6H2,1-3H3,(H,13,15). The zero-order valence-electron chi connectivity index (χ0n) is 9.84. The number of carbonyl (C=O) groups is 1. The Bertz CT molecular complexity index is 363. The first-order chi connectivity index (χ1) is 7.54. The minimum Gasteiger partial charge on any atom is -0.436 e. The van der Waals surface area contributed by atoms with Gasteiger partial charge in [-0.25, -0.2) is 4.98 Å². The van der Waals surface area contributed by atoms with Gasteiger partial charge in [0.15, 0.2) is 5.89 Å².